The Bertz CT molecular complexity index is 1200. The summed E-state index contributed by atoms with van der Waals surface area (Å²) in [6.07, 6.45) is 0.872. The van der Waals surface area contributed by atoms with Gasteiger partial charge in [0.2, 0.25) is 0 Å². The Hall–Kier alpha value is -3.08. The largest absolute Gasteiger partial charge is 0.350 e. The molecule has 0 aliphatic carbocycles. The number of hydrogen-bond acceptors (Lipinski definition) is 3. The Morgan fingerprint density at radius 3 is 2.19 bits per heavy atom. The van der Waals surface area contributed by atoms with Gasteiger partial charge in [-0.15, -0.1) is 0 Å². The number of imide groups is 1. The van der Waals surface area contributed by atoms with Crippen LogP contribution in [-0.2, 0) is 16.0 Å². The topological polar surface area (TPSA) is 49.4 Å². The first-order chi connectivity index (χ1) is 14.9. The summed E-state index contributed by atoms with van der Waals surface area (Å²) < 4.78 is 0. The molecule has 1 N–H and O–H groups in total. The van der Waals surface area contributed by atoms with Crippen LogP contribution in [0.5, 0.6) is 0 Å². The van der Waals surface area contributed by atoms with Crippen molar-refractivity contribution >= 4 is 52.0 Å². The lowest BCUT2D eigenvalue weighted by atomic mass is 10.0. The number of nitrogens with one attached hydrogen (secondary N) is 1. The van der Waals surface area contributed by atoms with Crippen LogP contribution < -0.4 is 10.2 Å². The van der Waals surface area contributed by atoms with Crippen LogP contribution in [0.15, 0.2) is 72.4 Å². The van der Waals surface area contributed by atoms with E-state index in [0.29, 0.717) is 32.6 Å². The van der Waals surface area contributed by atoms with Gasteiger partial charge in [-0.2, -0.15) is 0 Å². The minimum atomic E-state index is -0.418. The van der Waals surface area contributed by atoms with E-state index in [1.54, 1.807) is 48.5 Å². The fourth-order valence-corrected chi connectivity index (χ4v) is 3.82. The molecule has 0 fully saturated rings. The highest BCUT2D eigenvalue weighted by Gasteiger charge is 2.40. The molecule has 1 heterocycles. The third-order valence-corrected chi connectivity index (χ3v) is 6.01. The first kappa shape index (κ1) is 21.2. The monoisotopic (exact) mass is 450 g/mol. The summed E-state index contributed by atoms with van der Waals surface area (Å²) in [5, 5.41) is 4.29. The normalized spacial score (nSPS) is 13.9. The predicted octanol–water partition coefficient (Wildman–Crippen LogP) is 6.26. The molecular weight excluding hydrogens is 431 g/mol. The summed E-state index contributed by atoms with van der Waals surface area (Å²) in [4.78, 5) is 28.1. The lowest BCUT2D eigenvalue weighted by Gasteiger charge is -2.16. The molecule has 3 aromatic rings. The van der Waals surface area contributed by atoms with Gasteiger partial charge in [0.05, 0.1) is 11.3 Å². The van der Waals surface area contributed by atoms with E-state index < -0.39 is 11.8 Å². The minimum Gasteiger partial charge on any atom is -0.350 e. The van der Waals surface area contributed by atoms with Gasteiger partial charge in [-0.3, -0.25) is 9.59 Å². The first-order valence-corrected chi connectivity index (χ1v) is 10.7. The van der Waals surface area contributed by atoms with Crippen molar-refractivity contribution in [2.24, 2.45) is 0 Å². The summed E-state index contributed by atoms with van der Waals surface area (Å²) >= 11 is 12.3. The number of benzene rings is 3. The summed E-state index contributed by atoms with van der Waals surface area (Å²) in [5.41, 5.74) is 4.21. The zero-order valence-corrected chi connectivity index (χ0v) is 18.6. The van der Waals surface area contributed by atoms with E-state index in [4.69, 9.17) is 23.2 Å². The molecule has 4 rings (SSSR count). The molecule has 0 unspecified atom stereocenters. The highest BCUT2D eigenvalue weighted by atomic mass is 35.5. The molecule has 4 nitrogen and oxygen atoms in total. The molecule has 6 heteroatoms. The van der Waals surface area contributed by atoms with Gasteiger partial charge in [0, 0.05) is 15.7 Å². The van der Waals surface area contributed by atoms with E-state index in [2.05, 4.69) is 12.2 Å². The van der Waals surface area contributed by atoms with Crippen molar-refractivity contribution in [3.8, 4) is 0 Å². The van der Waals surface area contributed by atoms with E-state index in [1.165, 1.54) is 4.90 Å². The molecule has 0 saturated heterocycles. The second-order valence-corrected chi connectivity index (χ2v) is 8.10. The quantitative estimate of drug-likeness (QED) is 0.466. The predicted molar refractivity (Wildman–Crippen MR) is 126 cm³/mol. The fraction of sp³-hybridized carbons (Fsp3) is 0.120. The van der Waals surface area contributed by atoms with E-state index in [9.17, 15) is 9.59 Å². The van der Waals surface area contributed by atoms with Crippen molar-refractivity contribution < 1.29 is 9.59 Å². The van der Waals surface area contributed by atoms with Gasteiger partial charge >= 0.3 is 0 Å². The van der Waals surface area contributed by atoms with Gasteiger partial charge in [0.25, 0.3) is 11.8 Å². The van der Waals surface area contributed by atoms with Crippen molar-refractivity contribution in [3.63, 3.8) is 0 Å². The zero-order valence-electron chi connectivity index (χ0n) is 17.1. The molecule has 0 radical (unpaired) electrons. The van der Waals surface area contributed by atoms with Gasteiger partial charge in [0.15, 0.2) is 0 Å². The zero-order chi connectivity index (χ0) is 22.1. The van der Waals surface area contributed by atoms with Crippen LogP contribution >= 0.6 is 23.2 Å². The number of halogens is 2. The number of carbonyl (C=O) groups is 2. The third-order valence-electron chi connectivity index (χ3n) is 5.35. The number of rotatable bonds is 5. The van der Waals surface area contributed by atoms with Gasteiger partial charge in [0.1, 0.15) is 5.70 Å². The molecule has 3 aromatic carbocycles. The van der Waals surface area contributed by atoms with Crippen LogP contribution in [0.25, 0.3) is 5.57 Å². The molecule has 2 amide bonds. The Labute approximate surface area is 191 Å². The molecule has 156 valence electrons. The number of aryl methyl sites for hydroxylation is 1. The minimum absolute atomic E-state index is 0.206. The summed E-state index contributed by atoms with van der Waals surface area (Å²) in [6, 6.07) is 19.7. The molecule has 0 bridgehead atoms. The molecule has 1 aliphatic heterocycles. The van der Waals surface area contributed by atoms with Crippen molar-refractivity contribution in [3.05, 3.63) is 99.2 Å². The van der Waals surface area contributed by atoms with Gasteiger partial charge in [-0.1, -0.05) is 60.5 Å². The van der Waals surface area contributed by atoms with Crippen LogP contribution in [0.4, 0.5) is 11.4 Å². The summed E-state index contributed by atoms with van der Waals surface area (Å²) in [5.74, 6) is -0.808. The van der Waals surface area contributed by atoms with Gasteiger partial charge in [-0.05, 0) is 66.4 Å². The molecule has 0 atom stereocenters. The maximum absolute atomic E-state index is 13.5. The summed E-state index contributed by atoms with van der Waals surface area (Å²) in [6.45, 7) is 3.91. The molecule has 0 aromatic heterocycles. The Balaban J connectivity index is 1.82. The number of amides is 2. The van der Waals surface area contributed by atoms with Crippen molar-refractivity contribution in [2.45, 2.75) is 20.3 Å². The molecule has 0 saturated carbocycles. The van der Waals surface area contributed by atoms with E-state index in [1.807, 2.05) is 25.1 Å². The lowest BCUT2D eigenvalue weighted by Crippen LogP contribution is -2.32. The Morgan fingerprint density at radius 2 is 1.55 bits per heavy atom. The molecular formula is C25H20Cl2N2O2. The second-order valence-electron chi connectivity index (χ2n) is 7.26. The number of nitrogens with zero attached hydrogens (tertiary/aromatic N) is 1. The Kier molecular flexibility index (Phi) is 5.86. The number of hydrogen-bond donors (Lipinski definition) is 1. The maximum Gasteiger partial charge on any atom is 0.282 e. The maximum atomic E-state index is 13.5. The molecule has 1 aliphatic rings. The molecule has 31 heavy (non-hydrogen) atoms. The van der Waals surface area contributed by atoms with Crippen LogP contribution in [0.2, 0.25) is 10.0 Å². The standard InChI is InChI=1S/C25H20Cl2N2O2/c1-3-16-7-13-19(14-8-16)29-24(30)22(17-9-11-18(26)12-10-17)23(25(29)31)28-21-6-4-5-20(27)15(21)2/h4-14,28H,3H2,1-2H3. The van der Waals surface area contributed by atoms with Crippen molar-refractivity contribution in [1.29, 1.82) is 0 Å². The highest BCUT2D eigenvalue weighted by Crippen LogP contribution is 2.35. The first-order valence-electron chi connectivity index (χ1n) is 9.90. The fourth-order valence-electron chi connectivity index (χ4n) is 3.52. The third kappa shape index (κ3) is 3.97. The SMILES string of the molecule is CCc1ccc(N2C(=O)C(Nc3cccc(Cl)c3C)=C(c3ccc(Cl)cc3)C2=O)cc1. The number of carbonyl (C=O) groups excluding carboxylic acids is 2. The Morgan fingerprint density at radius 1 is 0.871 bits per heavy atom. The number of anilines is 2. The lowest BCUT2D eigenvalue weighted by molar-refractivity contribution is -0.120. The van der Waals surface area contributed by atoms with Gasteiger partial charge < -0.3 is 5.32 Å². The van der Waals surface area contributed by atoms with Crippen LogP contribution in [0.3, 0.4) is 0 Å². The average molecular weight is 451 g/mol. The van der Waals surface area contributed by atoms with E-state index in [-0.39, 0.29) is 5.70 Å². The van der Waals surface area contributed by atoms with Crippen LogP contribution in [-0.4, -0.2) is 11.8 Å². The highest BCUT2D eigenvalue weighted by molar-refractivity contribution is 6.46. The van der Waals surface area contributed by atoms with E-state index >= 15 is 0 Å². The van der Waals surface area contributed by atoms with Crippen molar-refractivity contribution in [2.75, 3.05) is 10.2 Å². The van der Waals surface area contributed by atoms with Crippen LogP contribution in [0, 0.1) is 6.92 Å². The molecule has 0 spiro atoms. The summed E-state index contributed by atoms with van der Waals surface area (Å²) in [7, 11) is 0. The van der Waals surface area contributed by atoms with Crippen molar-refractivity contribution in [1.82, 2.24) is 0 Å². The van der Waals surface area contributed by atoms with E-state index in [0.717, 1.165) is 17.5 Å². The van der Waals surface area contributed by atoms with Gasteiger partial charge in [-0.25, -0.2) is 4.90 Å². The van der Waals surface area contributed by atoms with Crippen LogP contribution in [0.1, 0.15) is 23.6 Å². The second kappa shape index (κ2) is 8.58. The average Bonchev–Trinajstić information content (AvgIpc) is 3.01. The smallest absolute Gasteiger partial charge is 0.282 e.